The molecule has 2 atom stereocenters. The van der Waals surface area contributed by atoms with E-state index in [0.717, 1.165) is 5.39 Å². The SMILES string of the molecule is COc1ccc2c3conc3c(=O)n(CCN3C[C@@H]4CN(c5ccc6c(n5)NC(=O)CO6)C(=O)O[C@H]4C3)c2n1. The van der Waals surface area contributed by atoms with Crippen molar-refractivity contribution in [2.24, 2.45) is 5.92 Å². The molecule has 200 valence electrons. The van der Waals surface area contributed by atoms with Crippen LogP contribution >= 0.6 is 0 Å². The first-order chi connectivity index (χ1) is 19.0. The number of anilines is 2. The molecule has 0 unspecified atom stereocenters. The number of amides is 2. The van der Waals surface area contributed by atoms with Crippen LogP contribution in [0, 0.1) is 5.92 Å². The molecule has 2 saturated heterocycles. The minimum Gasteiger partial charge on any atom is -0.481 e. The number of methoxy groups -OCH3 is 1. The third-order valence-electron chi connectivity index (χ3n) is 7.34. The van der Waals surface area contributed by atoms with Crippen LogP contribution in [0.15, 0.2) is 39.8 Å². The van der Waals surface area contributed by atoms with Crippen LogP contribution in [0.2, 0.25) is 0 Å². The third kappa shape index (κ3) is 3.91. The van der Waals surface area contributed by atoms with Gasteiger partial charge in [0.15, 0.2) is 23.7 Å². The van der Waals surface area contributed by atoms with E-state index < -0.39 is 6.09 Å². The Labute approximate surface area is 220 Å². The highest BCUT2D eigenvalue weighted by Gasteiger charge is 2.43. The predicted octanol–water partition coefficient (Wildman–Crippen LogP) is 1.23. The van der Waals surface area contributed by atoms with Gasteiger partial charge in [-0.2, -0.15) is 4.98 Å². The highest BCUT2D eigenvalue weighted by atomic mass is 16.6. The Kier molecular flexibility index (Phi) is 5.36. The summed E-state index contributed by atoms with van der Waals surface area (Å²) in [6.07, 6.45) is 0.670. The Hall–Kier alpha value is -4.72. The van der Waals surface area contributed by atoms with Crippen molar-refractivity contribution in [3.63, 3.8) is 0 Å². The molecule has 4 aromatic rings. The molecule has 3 aliphatic rings. The van der Waals surface area contributed by atoms with E-state index in [1.807, 2.05) is 6.07 Å². The van der Waals surface area contributed by atoms with Crippen molar-refractivity contribution in [3.05, 3.63) is 40.9 Å². The van der Waals surface area contributed by atoms with E-state index >= 15 is 0 Å². The number of hydrogen-bond acceptors (Lipinski definition) is 11. The second kappa shape index (κ2) is 8.94. The average molecular weight is 534 g/mol. The summed E-state index contributed by atoms with van der Waals surface area (Å²) in [5, 5.41) is 7.91. The molecule has 0 spiro atoms. The Morgan fingerprint density at radius 1 is 1.05 bits per heavy atom. The van der Waals surface area contributed by atoms with Gasteiger partial charge in [-0.1, -0.05) is 5.16 Å². The Balaban J connectivity index is 1.10. The molecule has 0 saturated carbocycles. The van der Waals surface area contributed by atoms with Crippen LogP contribution in [-0.2, 0) is 16.1 Å². The summed E-state index contributed by atoms with van der Waals surface area (Å²) in [6, 6.07) is 6.91. The molecule has 3 aliphatic heterocycles. The number of aromatic nitrogens is 4. The van der Waals surface area contributed by atoms with E-state index in [4.69, 9.17) is 18.7 Å². The molecular formula is C25H23N7O7. The van der Waals surface area contributed by atoms with Gasteiger partial charge in [-0.05, 0) is 18.2 Å². The van der Waals surface area contributed by atoms with Crippen molar-refractivity contribution < 1.29 is 28.3 Å². The molecule has 0 aliphatic carbocycles. The van der Waals surface area contributed by atoms with Gasteiger partial charge in [0.05, 0.1) is 12.5 Å². The third-order valence-corrected chi connectivity index (χ3v) is 7.34. The maximum absolute atomic E-state index is 13.2. The minimum absolute atomic E-state index is 0.0380. The maximum Gasteiger partial charge on any atom is 0.415 e. The number of ether oxygens (including phenoxy) is 3. The molecule has 1 N–H and O–H groups in total. The second-order valence-corrected chi connectivity index (χ2v) is 9.66. The van der Waals surface area contributed by atoms with Gasteiger partial charge in [-0.15, -0.1) is 0 Å². The lowest BCUT2D eigenvalue weighted by Crippen LogP contribution is -2.48. The maximum atomic E-state index is 13.2. The normalized spacial score (nSPS) is 20.9. The molecule has 7 heterocycles. The summed E-state index contributed by atoms with van der Waals surface area (Å²) in [7, 11) is 1.52. The van der Waals surface area contributed by atoms with Gasteiger partial charge < -0.3 is 24.1 Å². The summed E-state index contributed by atoms with van der Waals surface area (Å²) in [5.41, 5.74) is 0.433. The Bertz CT molecular complexity index is 1700. The molecule has 4 aromatic heterocycles. The zero-order chi connectivity index (χ0) is 26.7. The standard InChI is InChI=1S/C25H23N7O7/c1-36-20-5-2-14-15-11-38-29-21(15)24(34)31(23(14)28-20)7-6-30-8-13-9-32(25(35)39-17(13)10-30)18-4-3-16-22(26-18)27-19(33)12-37-16/h2-5,11,13,17H,6-10,12H2,1H3,(H,26,27,33)/t13-,17+/m1/s1. The van der Waals surface area contributed by atoms with Crippen LogP contribution in [0.1, 0.15) is 0 Å². The molecule has 7 rings (SSSR count). The van der Waals surface area contributed by atoms with Crippen molar-refractivity contribution in [3.8, 4) is 11.6 Å². The van der Waals surface area contributed by atoms with Crippen molar-refractivity contribution in [1.82, 2.24) is 24.6 Å². The van der Waals surface area contributed by atoms with E-state index in [1.54, 1.807) is 22.8 Å². The van der Waals surface area contributed by atoms with Gasteiger partial charge in [-0.3, -0.25) is 24.0 Å². The number of nitrogens with one attached hydrogen (secondary N) is 1. The second-order valence-electron chi connectivity index (χ2n) is 9.66. The van der Waals surface area contributed by atoms with E-state index in [2.05, 4.69) is 25.3 Å². The molecule has 39 heavy (non-hydrogen) atoms. The average Bonchev–Trinajstić information content (AvgIpc) is 3.59. The Morgan fingerprint density at radius 3 is 2.82 bits per heavy atom. The largest absolute Gasteiger partial charge is 0.481 e. The fourth-order valence-corrected chi connectivity index (χ4v) is 5.43. The molecule has 14 heteroatoms. The number of carbonyl (C=O) groups excluding carboxylic acids is 2. The van der Waals surface area contributed by atoms with Crippen LogP contribution < -0.4 is 25.2 Å². The predicted molar refractivity (Wildman–Crippen MR) is 136 cm³/mol. The lowest BCUT2D eigenvalue weighted by Gasteiger charge is -2.33. The summed E-state index contributed by atoms with van der Waals surface area (Å²) < 4.78 is 23.1. The van der Waals surface area contributed by atoms with E-state index in [0.29, 0.717) is 61.2 Å². The molecule has 2 amide bonds. The molecule has 2 fully saturated rings. The molecular weight excluding hydrogens is 510 g/mol. The lowest BCUT2D eigenvalue weighted by molar-refractivity contribution is -0.118. The molecule has 0 bridgehead atoms. The number of fused-ring (bicyclic) bond motifs is 5. The van der Waals surface area contributed by atoms with Crippen molar-refractivity contribution in [1.29, 1.82) is 0 Å². The van der Waals surface area contributed by atoms with Crippen molar-refractivity contribution in [2.45, 2.75) is 12.6 Å². The number of nitrogens with zero attached hydrogens (tertiary/aromatic N) is 6. The first kappa shape index (κ1) is 23.4. The van der Waals surface area contributed by atoms with Gasteiger partial charge >= 0.3 is 6.09 Å². The van der Waals surface area contributed by atoms with Crippen molar-refractivity contribution >= 4 is 45.6 Å². The van der Waals surface area contributed by atoms with Crippen LogP contribution in [0.5, 0.6) is 11.6 Å². The fraction of sp³-hybridized carbons (Fsp3) is 0.360. The fourth-order valence-electron chi connectivity index (χ4n) is 5.43. The van der Waals surface area contributed by atoms with E-state index in [1.165, 1.54) is 18.3 Å². The molecule has 0 aromatic carbocycles. The topological polar surface area (TPSA) is 154 Å². The van der Waals surface area contributed by atoms with Crippen LogP contribution in [0.4, 0.5) is 16.4 Å². The number of carbonyl (C=O) groups is 2. The quantitative estimate of drug-likeness (QED) is 0.394. The number of hydrogen-bond donors (Lipinski definition) is 1. The van der Waals surface area contributed by atoms with E-state index in [-0.39, 0.29) is 41.4 Å². The number of pyridine rings is 3. The van der Waals surface area contributed by atoms with Crippen LogP contribution in [0.3, 0.4) is 0 Å². The number of likely N-dealkylation sites (tertiary alicyclic amines) is 1. The zero-order valence-electron chi connectivity index (χ0n) is 20.8. The highest BCUT2D eigenvalue weighted by Crippen LogP contribution is 2.33. The van der Waals surface area contributed by atoms with Gasteiger partial charge in [0.25, 0.3) is 11.5 Å². The minimum atomic E-state index is -0.497. The van der Waals surface area contributed by atoms with Gasteiger partial charge in [0.2, 0.25) is 5.88 Å². The monoisotopic (exact) mass is 533 g/mol. The van der Waals surface area contributed by atoms with Gasteiger partial charge in [-0.25, -0.2) is 9.78 Å². The summed E-state index contributed by atoms with van der Waals surface area (Å²) in [4.78, 5) is 50.3. The van der Waals surface area contributed by atoms with Crippen LogP contribution in [0.25, 0.3) is 21.9 Å². The smallest absolute Gasteiger partial charge is 0.415 e. The first-order valence-electron chi connectivity index (χ1n) is 12.4. The summed E-state index contributed by atoms with van der Waals surface area (Å²) in [6.45, 7) is 2.42. The molecule has 0 radical (unpaired) electrons. The van der Waals surface area contributed by atoms with Crippen molar-refractivity contribution in [2.75, 3.05) is 50.1 Å². The van der Waals surface area contributed by atoms with Gasteiger partial charge in [0.1, 0.15) is 23.8 Å². The zero-order valence-corrected chi connectivity index (χ0v) is 20.8. The summed E-state index contributed by atoms with van der Waals surface area (Å²) >= 11 is 0. The van der Waals surface area contributed by atoms with Gasteiger partial charge in [0, 0.05) is 50.1 Å². The first-order valence-corrected chi connectivity index (χ1v) is 12.4. The molecule has 14 nitrogen and oxygen atoms in total. The summed E-state index contributed by atoms with van der Waals surface area (Å²) in [5.74, 6) is 1.23. The Morgan fingerprint density at radius 2 is 1.95 bits per heavy atom. The highest BCUT2D eigenvalue weighted by molar-refractivity contribution is 6.02. The van der Waals surface area contributed by atoms with Crippen LogP contribution in [-0.4, -0.2) is 82.6 Å². The van der Waals surface area contributed by atoms with E-state index in [9.17, 15) is 14.4 Å². The lowest BCUT2D eigenvalue weighted by atomic mass is 10.0. The number of rotatable bonds is 5.